The van der Waals surface area contributed by atoms with E-state index in [1.807, 2.05) is 68.4 Å². The lowest BCUT2D eigenvalue weighted by Gasteiger charge is -2.13. The number of sulfonamides is 1. The molecule has 3 aromatic carbocycles. The zero-order valence-electron chi connectivity index (χ0n) is 17.0. The minimum Gasteiger partial charge on any atom is -0.283 e. The summed E-state index contributed by atoms with van der Waals surface area (Å²) >= 11 is 0. The van der Waals surface area contributed by atoms with E-state index in [0.717, 1.165) is 10.8 Å². The highest BCUT2D eigenvalue weighted by atomic mass is 32.2. The van der Waals surface area contributed by atoms with Gasteiger partial charge in [0.1, 0.15) is 5.69 Å². The molecule has 0 spiro atoms. The lowest BCUT2D eigenvalue weighted by molar-refractivity contribution is 0.594. The standard InChI is InChI=1S/C23H23N3O3S/c1-16(2)22-21(23(27)26(25(22)3)19-11-5-4-6-12-19)24-30(28,29)20-14-13-17-9-7-8-10-18(17)15-20/h4-16,24H,1-3H3. The number of anilines is 1. The molecule has 0 aliphatic carbocycles. The molecule has 30 heavy (non-hydrogen) atoms. The van der Waals surface area contributed by atoms with Gasteiger partial charge in [-0.3, -0.25) is 14.2 Å². The number of nitrogens with zero attached hydrogens (tertiary/aromatic N) is 2. The summed E-state index contributed by atoms with van der Waals surface area (Å²) < 4.78 is 32.1. The first-order chi connectivity index (χ1) is 14.3. The van der Waals surface area contributed by atoms with E-state index in [1.165, 1.54) is 4.68 Å². The maximum atomic E-state index is 13.3. The lowest BCUT2D eigenvalue weighted by Crippen LogP contribution is -2.23. The van der Waals surface area contributed by atoms with Crippen LogP contribution < -0.4 is 10.3 Å². The smallest absolute Gasteiger partial charge is 0.283 e. The Hall–Kier alpha value is -3.32. The van der Waals surface area contributed by atoms with Crippen LogP contribution >= 0.6 is 0 Å². The van der Waals surface area contributed by atoms with Crippen molar-refractivity contribution < 1.29 is 8.42 Å². The van der Waals surface area contributed by atoms with E-state index in [-0.39, 0.29) is 16.5 Å². The Morgan fingerprint density at radius 1 is 0.867 bits per heavy atom. The molecule has 0 saturated carbocycles. The summed E-state index contributed by atoms with van der Waals surface area (Å²) in [5, 5.41) is 1.77. The van der Waals surface area contributed by atoms with Crippen molar-refractivity contribution in [3.63, 3.8) is 0 Å². The summed E-state index contributed by atoms with van der Waals surface area (Å²) in [6.45, 7) is 3.86. The number of fused-ring (bicyclic) bond motifs is 1. The molecule has 6 nitrogen and oxygen atoms in total. The van der Waals surface area contributed by atoms with Gasteiger partial charge in [0.25, 0.3) is 15.6 Å². The quantitative estimate of drug-likeness (QED) is 0.523. The number of aromatic nitrogens is 2. The summed E-state index contributed by atoms with van der Waals surface area (Å²) in [4.78, 5) is 13.4. The van der Waals surface area contributed by atoms with Crippen molar-refractivity contribution in [2.24, 2.45) is 7.05 Å². The predicted molar refractivity (Wildman–Crippen MR) is 120 cm³/mol. The summed E-state index contributed by atoms with van der Waals surface area (Å²) in [6.07, 6.45) is 0. The molecule has 0 radical (unpaired) electrons. The fourth-order valence-corrected chi connectivity index (χ4v) is 4.87. The predicted octanol–water partition coefficient (Wildman–Crippen LogP) is 4.25. The molecule has 0 fully saturated rings. The van der Waals surface area contributed by atoms with Crippen molar-refractivity contribution >= 4 is 26.5 Å². The summed E-state index contributed by atoms with van der Waals surface area (Å²) in [7, 11) is -2.18. The molecule has 4 aromatic rings. The molecule has 1 N–H and O–H groups in total. The summed E-state index contributed by atoms with van der Waals surface area (Å²) in [5.74, 6) is -0.0676. The van der Waals surface area contributed by atoms with E-state index in [4.69, 9.17) is 0 Å². The number of nitrogens with one attached hydrogen (secondary N) is 1. The van der Waals surface area contributed by atoms with Gasteiger partial charge in [-0.1, -0.05) is 62.4 Å². The number of hydrogen-bond acceptors (Lipinski definition) is 3. The molecule has 4 rings (SSSR count). The van der Waals surface area contributed by atoms with Crippen LogP contribution in [0.25, 0.3) is 16.5 Å². The highest BCUT2D eigenvalue weighted by molar-refractivity contribution is 7.92. The SMILES string of the molecule is CC(C)c1c(NS(=O)(=O)c2ccc3ccccc3c2)c(=O)n(-c2ccccc2)n1C. The van der Waals surface area contributed by atoms with Crippen molar-refractivity contribution in [2.75, 3.05) is 4.72 Å². The van der Waals surface area contributed by atoms with Gasteiger partial charge in [0.05, 0.1) is 16.3 Å². The molecule has 0 aliphatic rings. The zero-order chi connectivity index (χ0) is 21.5. The Bertz CT molecular complexity index is 1380. The average Bonchev–Trinajstić information content (AvgIpc) is 2.97. The first-order valence-electron chi connectivity index (χ1n) is 9.68. The van der Waals surface area contributed by atoms with E-state index in [0.29, 0.717) is 11.4 Å². The molecule has 0 aliphatic heterocycles. The van der Waals surface area contributed by atoms with E-state index >= 15 is 0 Å². The number of para-hydroxylation sites is 1. The van der Waals surface area contributed by atoms with Gasteiger partial charge in [-0.05, 0) is 41.0 Å². The molecule has 0 saturated heterocycles. The maximum Gasteiger partial charge on any atom is 0.296 e. The Morgan fingerprint density at radius 2 is 1.50 bits per heavy atom. The van der Waals surface area contributed by atoms with Crippen LogP contribution in [0.5, 0.6) is 0 Å². The second-order valence-corrected chi connectivity index (χ2v) is 9.19. The van der Waals surface area contributed by atoms with E-state index < -0.39 is 15.6 Å². The minimum absolute atomic E-state index is 0.0676. The average molecular weight is 422 g/mol. The van der Waals surface area contributed by atoms with Gasteiger partial charge in [-0.25, -0.2) is 13.1 Å². The van der Waals surface area contributed by atoms with Gasteiger partial charge in [-0.2, -0.15) is 0 Å². The maximum absolute atomic E-state index is 13.3. The molecule has 0 bridgehead atoms. The van der Waals surface area contributed by atoms with Crippen LogP contribution in [-0.2, 0) is 17.1 Å². The Morgan fingerprint density at radius 3 is 2.17 bits per heavy atom. The number of benzene rings is 3. The molecule has 0 amide bonds. The van der Waals surface area contributed by atoms with Crippen molar-refractivity contribution in [1.82, 2.24) is 9.36 Å². The second kappa shape index (κ2) is 7.50. The van der Waals surface area contributed by atoms with Gasteiger partial charge in [0, 0.05) is 7.05 Å². The highest BCUT2D eigenvalue weighted by Crippen LogP contribution is 2.26. The molecule has 1 aromatic heterocycles. The molecule has 154 valence electrons. The zero-order valence-corrected chi connectivity index (χ0v) is 17.8. The Labute approximate surface area is 175 Å². The molecular weight excluding hydrogens is 398 g/mol. The van der Waals surface area contributed by atoms with Crippen molar-refractivity contribution in [2.45, 2.75) is 24.7 Å². The first kappa shape index (κ1) is 20.0. The minimum atomic E-state index is -3.95. The monoisotopic (exact) mass is 421 g/mol. The van der Waals surface area contributed by atoms with Crippen molar-refractivity contribution in [1.29, 1.82) is 0 Å². The third-order valence-corrected chi connectivity index (χ3v) is 6.47. The third-order valence-electron chi connectivity index (χ3n) is 5.13. The van der Waals surface area contributed by atoms with Crippen LogP contribution in [0.4, 0.5) is 5.69 Å². The van der Waals surface area contributed by atoms with Gasteiger partial charge in [0.15, 0.2) is 0 Å². The van der Waals surface area contributed by atoms with Crippen LogP contribution in [0.2, 0.25) is 0 Å². The van der Waals surface area contributed by atoms with Crippen LogP contribution in [0, 0.1) is 0 Å². The molecule has 0 atom stereocenters. The van der Waals surface area contributed by atoms with E-state index in [9.17, 15) is 13.2 Å². The van der Waals surface area contributed by atoms with Gasteiger partial charge in [0.2, 0.25) is 0 Å². The Kier molecular flexibility index (Phi) is 4.99. The molecular formula is C23H23N3O3S. The van der Waals surface area contributed by atoms with Crippen molar-refractivity contribution in [3.8, 4) is 5.69 Å². The van der Waals surface area contributed by atoms with E-state index in [1.54, 1.807) is 29.9 Å². The fourth-order valence-electron chi connectivity index (χ4n) is 3.77. The summed E-state index contributed by atoms with van der Waals surface area (Å²) in [5.41, 5.74) is 0.956. The molecule has 7 heteroatoms. The van der Waals surface area contributed by atoms with Crippen LogP contribution in [0.1, 0.15) is 25.5 Å². The van der Waals surface area contributed by atoms with Gasteiger partial charge in [-0.15, -0.1) is 0 Å². The number of hydrogen-bond donors (Lipinski definition) is 1. The fraction of sp³-hybridized carbons (Fsp3) is 0.174. The van der Waals surface area contributed by atoms with Crippen molar-refractivity contribution in [3.05, 3.63) is 88.8 Å². The topological polar surface area (TPSA) is 73.1 Å². The first-order valence-corrected chi connectivity index (χ1v) is 11.2. The Balaban J connectivity index is 1.84. The largest absolute Gasteiger partial charge is 0.296 e. The van der Waals surface area contributed by atoms with Crippen LogP contribution in [0.3, 0.4) is 0 Å². The highest BCUT2D eigenvalue weighted by Gasteiger charge is 2.26. The van der Waals surface area contributed by atoms with E-state index in [2.05, 4.69) is 4.72 Å². The van der Waals surface area contributed by atoms with Gasteiger partial charge >= 0.3 is 0 Å². The molecule has 0 unspecified atom stereocenters. The normalized spacial score (nSPS) is 11.9. The lowest BCUT2D eigenvalue weighted by atomic mass is 10.1. The second-order valence-electron chi connectivity index (χ2n) is 7.51. The number of rotatable bonds is 5. The third kappa shape index (κ3) is 3.41. The molecule has 1 heterocycles. The summed E-state index contributed by atoms with van der Waals surface area (Å²) in [6, 6.07) is 21.6. The van der Waals surface area contributed by atoms with Gasteiger partial charge < -0.3 is 0 Å². The van der Waals surface area contributed by atoms with Crippen LogP contribution in [0.15, 0.2) is 82.5 Å². The van der Waals surface area contributed by atoms with Crippen LogP contribution in [-0.4, -0.2) is 17.8 Å².